The second-order valence-electron chi connectivity index (χ2n) is 9.48. The van der Waals surface area contributed by atoms with E-state index in [1.165, 1.54) is 27.5 Å². The maximum atomic E-state index is 6.09. The first-order valence-electron chi connectivity index (χ1n) is 11.7. The van der Waals surface area contributed by atoms with Gasteiger partial charge in [0.1, 0.15) is 17.8 Å². The van der Waals surface area contributed by atoms with Crippen molar-refractivity contribution < 1.29 is 9.30 Å². The Balaban J connectivity index is 1.77. The van der Waals surface area contributed by atoms with Gasteiger partial charge in [0, 0.05) is 49.2 Å². The standard InChI is InChI=1S/C25H35N6O/c1-17(2)8-12-30-13-9-22-21-7-6-20(32-15-11-18(3)4)16-23(21)31(25(22)19(30)5)14-10-24-26-28-29-27-24/h6-7,9,13,16-18H,8,10-12,14-15H2,1-5H3,(H,26,27,28,29)/q+1. The molecule has 0 atom stereocenters. The predicted molar refractivity (Wildman–Crippen MR) is 127 cm³/mol. The summed E-state index contributed by atoms with van der Waals surface area (Å²) < 4.78 is 10.9. The van der Waals surface area contributed by atoms with Crippen molar-refractivity contribution in [2.45, 2.75) is 67.0 Å². The van der Waals surface area contributed by atoms with Crippen LogP contribution in [0.1, 0.15) is 52.1 Å². The average Bonchev–Trinajstić information content (AvgIpc) is 3.37. The highest BCUT2D eigenvalue weighted by molar-refractivity contribution is 6.08. The van der Waals surface area contributed by atoms with Crippen molar-refractivity contribution in [1.29, 1.82) is 0 Å². The second kappa shape index (κ2) is 9.67. The largest absolute Gasteiger partial charge is 0.494 e. The van der Waals surface area contributed by atoms with Crippen LogP contribution in [0.4, 0.5) is 0 Å². The zero-order valence-corrected chi connectivity index (χ0v) is 19.9. The summed E-state index contributed by atoms with van der Waals surface area (Å²) in [5.74, 6) is 2.95. The van der Waals surface area contributed by atoms with Crippen LogP contribution in [0.25, 0.3) is 21.8 Å². The number of benzene rings is 1. The third kappa shape index (κ3) is 4.76. The Morgan fingerprint density at radius 1 is 1.06 bits per heavy atom. The topological polar surface area (TPSA) is 72.5 Å². The van der Waals surface area contributed by atoms with E-state index in [-0.39, 0.29) is 0 Å². The SMILES string of the molecule is Cc1c2c(cc[n+]1CCC(C)C)c1ccc(OCCC(C)C)cc1n2CCc1nn[nH]n1. The first-order chi connectivity index (χ1) is 15.4. The van der Waals surface area contributed by atoms with E-state index in [1.54, 1.807) is 0 Å². The molecule has 0 saturated carbocycles. The summed E-state index contributed by atoms with van der Waals surface area (Å²) in [7, 11) is 0. The highest BCUT2D eigenvalue weighted by atomic mass is 16.5. The summed E-state index contributed by atoms with van der Waals surface area (Å²) in [5, 5.41) is 17.1. The molecule has 4 rings (SSSR count). The first-order valence-corrected chi connectivity index (χ1v) is 11.7. The van der Waals surface area contributed by atoms with Crippen LogP contribution in [0.3, 0.4) is 0 Å². The highest BCUT2D eigenvalue weighted by Crippen LogP contribution is 2.32. The van der Waals surface area contributed by atoms with Crippen LogP contribution in [-0.2, 0) is 19.5 Å². The monoisotopic (exact) mass is 435 g/mol. The Bertz CT molecular complexity index is 1180. The van der Waals surface area contributed by atoms with Crippen molar-refractivity contribution in [1.82, 2.24) is 25.2 Å². The lowest BCUT2D eigenvalue weighted by atomic mass is 10.1. The predicted octanol–water partition coefficient (Wildman–Crippen LogP) is 4.62. The third-order valence-electron chi connectivity index (χ3n) is 6.13. The molecule has 0 saturated heterocycles. The minimum Gasteiger partial charge on any atom is -0.494 e. The van der Waals surface area contributed by atoms with E-state index in [0.29, 0.717) is 18.3 Å². The van der Waals surface area contributed by atoms with Crippen LogP contribution in [0, 0.1) is 18.8 Å². The Morgan fingerprint density at radius 2 is 1.88 bits per heavy atom. The van der Waals surface area contributed by atoms with Gasteiger partial charge in [0.15, 0.2) is 12.0 Å². The second-order valence-corrected chi connectivity index (χ2v) is 9.48. The zero-order chi connectivity index (χ0) is 22.7. The lowest BCUT2D eigenvalue weighted by molar-refractivity contribution is -0.702. The molecular weight excluding hydrogens is 400 g/mol. The van der Waals surface area contributed by atoms with E-state index in [4.69, 9.17) is 4.74 Å². The molecule has 0 fully saturated rings. The molecule has 1 N–H and O–H groups in total. The maximum absolute atomic E-state index is 6.09. The van der Waals surface area contributed by atoms with Gasteiger partial charge in [0.25, 0.3) is 0 Å². The number of aromatic amines is 1. The van der Waals surface area contributed by atoms with E-state index in [2.05, 4.69) is 94.8 Å². The fourth-order valence-electron chi connectivity index (χ4n) is 4.20. The number of aromatic nitrogens is 6. The lowest BCUT2D eigenvalue weighted by Crippen LogP contribution is -2.37. The summed E-state index contributed by atoms with van der Waals surface area (Å²) in [5.41, 5.74) is 3.75. The van der Waals surface area contributed by atoms with Crippen molar-refractivity contribution in [2.75, 3.05) is 6.61 Å². The number of H-pyrrole nitrogens is 1. The molecule has 7 heteroatoms. The number of pyridine rings is 1. The van der Waals surface area contributed by atoms with Crippen molar-refractivity contribution in [3.63, 3.8) is 0 Å². The number of ether oxygens (including phenoxy) is 1. The average molecular weight is 436 g/mol. The van der Waals surface area contributed by atoms with Crippen LogP contribution in [-0.4, -0.2) is 31.8 Å². The van der Waals surface area contributed by atoms with Crippen LogP contribution in [0.2, 0.25) is 0 Å². The molecule has 32 heavy (non-hydrogen) atoms. The smallest absolute Gasteiger partial charge is 0.202 e. The summed E-state index contributed by atoms with van der Waals surface area (Å²) in [6.07, 6.45) is 5.16. The third-order valence-corrected chi connectivity index (χ3v) is 6.13. The Hall–Kier alpha value is -2.96. The van der Waals surface area contributed by atoms with E-state index in [1.807, 2.05) is 0 Å². The molecule has 3 heterocycles. The molecule has 3 aromatic heterocycles. The van der Waals surface area contributed by atoms with Crippen molar-refractivity contribution >= 4 is 21.8 Å². The first kappa shape index (κ1) is 22.2. The van der Waals surface area contributed by atoms with Gasteiger partial charge < -0.3 is 9.30 Å². The van der Waals surface area contributed by atoms with Gasteiger partial charge in [-0.25, -0.2) is 4.57 Å². The number of hydrogen-bond donors (Lipinski definition) is 1. The minimum absolute atomic E-state index is 0.629. The van der Waals surface area contributed by atoms with Crippen molar-refractivity contribution in [3.8, 4) is 5.75 Å². The van der Waals surface area contributed by atoms with Gasteiger partial charge >= 0.3 is 0 Å². The molecule has 0 aliphatic rings. The Labute approximate surface area is 189 Å². The van der Waals surface area contributed by atoms with Gasteiger partial charge in [-0.15, -0.1) is 10.2 Å². The Morgan fingerprint density at radius 3 is 2.59 bits per heavy atom. The number of rotatable bonds is 10. The van der Waals surface area contributed by atoms with Gasteiger partial charge in [-0.3, -0.25) is 0 Å². The van der Waals surface area contributed by atoms with E-state index < -0.39 is 0 Å². The molecule has 0 unspecified atom stereocenters. The molecule has 0 radical (unpaired) electrons. The van der Waals surface area contributed by atoms with Gasteiger partial charge in [0.2, 0.25) is 5.69 Å². The minimum atomic E-state index is 0.629. The van der Waals surface area contributed by atoms with Gasteiger partial charge in [-0.1, -0.05) is 32.9 Å². The van der Waals surface area contributed by atoms with Gasteiger partial charge in [-0.2, -0.15) is 5.21 Å². The van der Waals surface area contributed by atoms with Crippen molar-refractivity contribution in [2.24, 2.45) is 11.8 Å². The Kier molecular flexibility index (Phi) is 6.72. The number of fused-ring (bicyclic) bond motifs is 3. The molecule has 170 valence electrons. The van der Waals surface area contributed by atoms with Gasteiger partial charge in [-0.05, 0) is 30.4 Å². The van der Waals surface area contributed by atoms with E-state index >= 15 is 0 Å². The molecule has 4 aromatic rings. The summed E-state index contributed by atoms with van der Waals surface area (Å²) >= 11 is 0. The number of aryl methyl sites for hydroxylation is 4. The normalized spacial score (nSPS) is 12.0. The number of nitrogens with zero attached hydrogens (tertiary/aromatic N) is 5. The number of nitrogens with one attached hydrogen (secondary N) is 1. The lowest BCUT2D eigenvalue weighted by Gasteiger charge is -2.10. The molecule has 0 aliphatic heterocycles. The number of tetrazole rings is 1. The van der Waals surface area contributed by atoms with Crippen molar-refractivity contribution in [3.05, 3.63) is 42.0 Å². The van der Waals surface area contributed by atoms with E-state index in [9.17, 15) is 0 Å². The van der Waals surface area contributed by atoms with Crippen LogP contribution < -0.4 is 9.30 Å². The van der Waals surface area contributed by atoms with E-state index in [0.717, 1.165) is 44.1 Å². The fraction of sp³-hybridized carbons (Fsp3) is 0.520. The fourth-order valence-corrected chi connectivity index (χ4v) is 4.20. The molecule has 0 bridgehead atoms. The summed E-state index contributed by atoms with van der Waals surface area (Å²) in [6.45, 7) is 13.8. The summed E-state index contributed by atoms with van der Waals surface area (Å²) in [4.78, 5) is 0. The quantitative estimate of drug-likeness (QED) is 0.369. The highest BCUT2D eigenvalue weighted by Gasteiger charge is 2.20. The molecule has 0 spiro atoms. The molecule has 0 amide bonds. The summed E-state index contributed by atoms with van der Waals surface area (Å²) in [6, 6.07) is 8.74. The molecular formula is C25H35N6O+. The molecule has 1 aromatic carbocycles. The zero-order valence-electron chi connectivity index (χ0n) is 19.9. The molecule has 0 aliphatic carbocycles. The number of hydrogen-bond acceptors (Lipinski definition) is 4. The van der Waals surface area contributed by atoms with Crippen LogP contribution in [0.5, 0.6) is 5.75 Å². The van der Waals surface area contributed by atoms with Crippen LogP contribution in [0.15, 0.2) is 30.5 Å². The molecule has 7 nitrogen and oxygen atoms in total. The van der Waals surface area contributed by atoms with Gasteiger partial charge in [0.05, 0.1) is 12.1 Å². The maximum Gasteiger partial charge on any atom is 0.202 e. The van der Waals surface area contributed by atoms with Crippen LogP contribution >= 0.6 is 0 Å².